The zero-order chi connectivity index (χ0) is 19.3. The van der Waals surface area contributed by atoms with E-state index in [1.165, 1.54) is 42.3 Å². The number of rotatable bonds is 3. The van der Waals surface area contributed by atoms with Crippen LogP contribution in [0.15, 0.2) is 54.7 Å². The number of carboxylic acid groups (broad SMARTS) is 1. The molecule has 0 unspecified atom stereocenters. The van der Waals surface area contributed by atoms with Gasteiger partial charge in [-0.15, -0.1) is 0 Å². The van der Waals surface area contributed by atoms with E-state index in [0.29, 0.717) is 11.5 Å². The summed E-state index contributed by atoms with van der Waals surface area (Å²) in [5.41, 5.74) is 6.05. The van der Waals surface area contributed by atoms with E-state index in [4.69, 9.17) is 0 Å². The molecule has 0 bridgehead atoms. The summed E-state index contributed by atoms with van der Waals surface area (Å²) in [4.78, 5) is 15.9. The molecule has 0 atom stereocenters. The maximum Gasteiger partial charge on any atom is 0.335 e. The summed E-state index contributed by atoms with van der Waals surface area (Å²) in [7, 11) is 2.05. The van der Waals surface area contributed by atoms with E-state index < -0.39 is 5.97 Å². The van der Waals surface area contributed by atoms with Gasteiger partial charge in [-0.3, -0.25) is 4.98 Å². The van der Waals surface area contributed by atoms with Gasteiger partial charge in [0.25, 0.3) is 0 Å². The molecular formula is C24H22N2O2. The van der Waals surface area contributed by atoms with Crippen LogP contribution in [-0.4, -0.2) is 20.6 Å². The number of aromatic nitrogens is 2. The number of carboxylic acids is 1. The Hall–Kier alpha value is -3.14. The van der Waals surface area contributed by atoms with Gasteiger partial charge in [-0.25, -0.2) is 4.79 Å². The molecule has 4 nitrogen and oxygen atoms in total. The summed E-state index contributed by atoms with van der Waals surface area (Å²) in [6.07, 6.45) is 6.73. The molecule has 1 aliphatic rings. The highest BCUT2D eigenvalue weighted by Gasteiger charge is 2.27. The van der Waals surface area contributed by atoms with E-state index in [2.05, 4.69) is 40.9 Å². The molecule has 5 rings (SSSR count). The van der Waals surface area contributed by atoms with Crippen molar-refractivity contribution in [3.8, 4) is 11.3 Å². The van der Waals surface area contributed by atoms with Gasteiger partial charge in [-0.2, -0.15) is 0 Å². The molecule has 28 heavy (non-hydrogen) atoms. The van der Waals surface area contributed by atoms with Crippen molar-refractivity contribution in [2.45, 2.75) is 31.6 Å². The van der Waals surface area contributed by atoms with Crippen molar-refractivity contribution >= 4 is 27.8 Å². The van der Waals surface area contributed by atoms with Crippen molar-refractivity contribution in [1.29, 1.82) is 0 Å². The molecule has 1 fully saturated rings. The molecule has 2 aromatic heterocycles. The normalized spacial score (nSPS) is 14.9. The van der Waals surface area contributed by atoms with Gasteiger partial charge in [-0.1, -0.05) is 31.0 Å². The number of pyridine rings is 1. The highest BCUT2D eigenvalue weighted by atomic mass is 16.4. The Morgan fingerprint density at radius 2 is 1.93 bits per heavy atom. The predicted molar refractivity (Wildman–Crippen MR) is 112 cm³/mol. The molecule has 0 spiro atoms. The van der Waals surface area contributed by atoms with Crippen LogP contribution in [0.3, 0.4) is 0 Å². The first-order valence-electron chi connectivity index (χ1n) is 9.84. The van der Waals surface area contributed by atoms with Gasteiger partial charge in [0, 0.05) is 29.5 Å². The van der Waals surface area contributed by atoms with E-state index in [1.807, 2.05) is 24.4 Å². The number of fused-ring (bicyclic) bond motifs is 2. The zero-order valence-corrected chi connectivity index (χ0v) is 15.9. The second-order valence-corrected chi connectivity index (χ2v) is 7.75. The van der Waals surface area contributed by atoms with Gasteiger partial charge in [-0.05, 0) is 60.2 Å². The smallest absolute Gasteiger partial charge is 0.335 e. The minimum absolute atomic E-state index is 0.334. The fourth-order valence-electron chi connectivity index (χ4n) is 4.80. The molecular weight excluding hydrogens is 348 g/mol. The van der Waals surface area contributed by atoms with E-state index in [0.717, 1.165) is 22.0 Å². The molecule has 0 saturated heterocycles. The van der Waals surface area contributed by atoms with E-state index in [-0.39, 0.29) is 0 Å². The van der Waals surface area contributed by atoms with Gasteiger partial charge in [0.2, 0.25) is 0 Å². The lowest BCUT2D eigenvalue weighted by Gasteiger charge is -2.14. The fourth-order valence-corrected chi connectivity index (χ4v) is 4.80. The molecule has 4 aromatic rings. The van der Waals surface area contributed by atoms with Crippen LogP contribution >= 0.6 is 0 Å². The minimum Gasteiger partial charge on any atom is -0.478 e. The first kappa shape index (κ1) is 17.0. The van der Waals surface area contributed by atoms with Crippen LogP contribution in [-0.2, 0) is 7.05 Å². The molecule has 1 saturated carbocycles. The second kappa shape index (κ2) is 6.48. The van der Waals surface area contributed by atoms with Crippen molar-refractivity contribution in [3.63, 3.8) is 0 Å². The molecule has 2 heterocycles. The minimum atomic E-state index is -0.885. The van der Waals surface area contributed by atoms with E-state index in [9.17, 15) is 9.90 Å². The van der Waals surface area contributed by atoms with E-state index in [1.54, 1.807) is 6.07 Å². The van der Waals surface area contributed by atoms with Crippen LogP contribution in [0.4, 0.5) is 0 Å². The van der Waals surface area contributed by atoms with Crippen LogP contribution in [0, 0.1) is 0 Å². The molecule has 1 N–H and O–H groups in total. The third kappa shape index (κ3) is 2.60. The molecule has 0 radical (unpaired) electrons. The topological polar surface area (TPSA) is 55.1 Å². The lowest BCUT2D eigenvalue weighted by molar-refractivity contribution is 0.0697. The summed E-state index contributed by atoms with van der Waals surface area (Å²) in [6, 6.07) is 16.0. The van der Waals surface area contributed by atoms with E-state index >= 15 is 0 Å². The largest absolute Gasteiger partial charge is 0.478 e. The number of aryl methyl sites for hydroxylation is 1. The van der Waals surface area contributed by atoms with Crippen molar-refractivity contribution in [1.82, 2.24) is 9.55 Å². The number of carbonyl (C=O) groups is 1. The Bertz CT molecular complexity index is 1220. The summed E-state index contributed by atoms with van der Waals surface area (Å²) in [5.74, 6) is -0.359. The second-order valence-electron chi connectivity index (χ2n) is 7.75. The Morgan fingerprint density at radius 1 is 1.11 bits per heavy atom. The number of hydrogen-bond acceptors (Lipinski definition) is 2. The Balaban J connectivity index is 1.81. The van der Waals surface area contributed by atoms with Crippen LogP contribution in [0.2, 0.25) is 0 Å². The maximum absolute atomic E-state index is 11.5. The highest BCUT2D eigenvalue weighted by molar-refractivity contribution is 5.99. The lowest BCUT2D eigenvalue weighted by Crippen LogP contribution is -1.98. The SMILES string of the molecule is Cn1c(-c2ccc3ncccc3c2)c(C2CCCC2)c2ccc(C(=O)O)cc21. The number of hydrogen-bond donors (Lipinski definition) is 1. The van der Waals surface area contributed by atoms with Crippen molar-refractivity contribution in [2.24, 2.45) is 7.05 Å². The third-order valence-corrected chi connectivity index (χ3v) is 6.13. The zero-order valence-electron chi connectivity index (χ0n) is 15.9. The molecule has 140 valence electrons. The van der Waals surface area contributed by atoms with Crippen molar-refractivity contribution in [2.75, 3.05) is 0 Å². The fraction of sp³-hybridized carbons (Fsp3) is 0.250. The van der Waals surface area contributed by atoms with Crippen molar-refractivity contribution in [3.05, 3.63) is 65.9 Å². The van der Waals surface area contributed by atoms with Crippen molar-refractivity contribution < 1.29 is 9.90 Å². The van der Waals surface area contributed by atoms with Gasteiger partial charge >= 0.3 is 5.97 Å². The van der Waals surface area contributed by atoms with Gasteiger partial charge in [0.05, 0.1) is 16.8 Å². The summed E-state index contributed by atoms with van der Waals surface area (Å²) >= 11 is 0. The van der Waals surface area contributed by atoms with Crippen LogP contribution < -0.4 is 0 Å². The Kier molecular flexibility index (Phi) is 3.93. The number of nitrogens with zero attached hydrogens (tertiary/aromatic N) is 2. The summed E-state index contributed by atoms with van der Waals surface area (Å²) in [6.45, 7) is 0. The molecule has 0 aliphatic heterocycles. The molecule has 0 amide bonds. The average Bonchev–Trinajstić information content (AvgIpc) is 3.33. The summed E-state index contributed by atoms with van der Waals surface area (Å²) in [5, 5.41) is 11.7. The van der Waals surface area contributed by atoms with Crippen LogP contribution in [0.5, 0.6) is 0 Å². The molecule has 4 heteroatoms. The van der Waals surface area contributed by atoms with Gasteiger partial charge in [0.1, 0.15) is 0 Å². The van der Waals surface area contributed by atoms with Gasteiger partial charge < -0.3 is 9.67 Å². The Morgan fingerprint density at radius 3 is 2.71 bits per heavy atom. The quantitative estimate of drug-likeness (QED) is 0.499. The van der Waals surface area contributed by atoms with Crippen LogP contribution in [0.1, 0.15) is 47.5 Å². The highest BCUT2D eigenvalue weighted by Crippen LogP contribution is 2.45. The predicted octanol–water partition coefficient (Wildman–Crippen LogP) is 5.75. The maximum atomic E-state index is 11.5. The van der Waals surface area contributed by atoms with Crippen LogP contribution in [0.25, 0.3) is 33.1 Å². The Labute approximate surface area is 163 Å². The lowest BCUT2D eigenvalue weighted by atomic mass is 9.91. The monoisotopic (exact) mass is 370 g/mol. The first-order valence-corrected chi connectivity index (χ1v) is 9.84. The third-order valence-electron chi connectivity index (χ3n) is 6.13. The average molecular weight is 370 g/mol. The standard InChI is InChI=1S/C24H22N2O2/c1-26-21-14-18(24(27)28)8-10-19(21)22(15-5-2-3-6-15)23(26)17-9-11-20-16(13-17)7-4-12-25-20/h4,7-15H,2-3,5-6H2,1H3,(H,27,28). The number of aromatic carboxylic acids is 1. The first-order chi connectivity index (χ1) is 13.6. The summed E-state index contributed by atoms with van der Waals surface area (Å²) < 4.78 is 2.17. The molecule has 1 aliphatic carbocycles. The molecule has 2 aromatic carbocycles. The number of benzene rings is 2. The van der Waals surface area contributed by atoms with Gasteiger partial charge in [0.15, 0.2) is 0 Å².